The van der Waals surface area contributed by atoms with Crippen molar-refractivity contribution in [3.8, 4) is 17.1 Å². The van der Waals surface area contributed by atoms with Crippen LogP contribution in [0, 0.1) is 0 Å². The predicted octanol–water partition coefficient (Wildman–Crippen LogP) is 1.82. The van der Waals surface area contributed by atoms with Crippen molar-refractivity contribution in [2.45, 2.75) is 6.10 Å². The standard InChI is InChI=1S/C20H21N5O3/c1-24-19(26)11-16(15-7-8-21-13-22-15)23-20(24)25-9-10-28-18(12-25)14-5-3-4-6-17(14)27-2/h3-8,11,13,18H,9-10,12H2,1-2H3. The number of hydrogen-bond acceptors (Lipinski definition) is 7. The zero-order valence-corrected chi connectivity index (χ0v) is 15.8. The number of aromatic nitrogens is 4. The summed E-state index contributed by atoms with van der Waals surface area (Å²) in [4.78, 5) is 27.4. The number of para-hydroxylation sites is 1. The topological polar surface area (TPSA) is 82.4 Å². The zero-order valence-electron chi connectivity index (χ0n) is 15.8. The molecule has 1 atom stereocenters. The van der Waals surface area contributed by atoms with Crippen molar-refractivity contribution >= 4 is 5.95 Å². The van der Waals surface area contributed by atoms with Crippen molar-refractivity contribution in [3.63, 3.8) is 0 Å². The van der Waals surface area contributed by atoms with Crippen LogP contribution in [0.25, 0.3) is 11.4 Å². The highest BCUT2D eigenvalue weighted by molar-refractivity contribution is 5.55. The van der Waals surface area contributed by atoms with Gasteiger partial charge in [-0.15, -0.1) is 0 Å². The van der Waals surface area contributed by atoms with Gasteiger partial charge in [0.15, 0.2) is 0 Å². The van der Waals surface area contributed by atoms with E-state index in [-0.39, 0.29) is 11.7 Å². The van der Waals surface area contributed by atoms with Gasteiger partial charge in [0.05, 0.1) is 31.6 Å². The molecular formula is C20H21N5O3. The number of nitrogens with zero attached hydrogens (tertiary/aromatic N) is 5. The van der Waals surface area contributed by atoms with Crippen LogP contribution < -0.4 is 15.2 Å². The highest BCUT2D eigenvalue weighted by atomic mass is 16.5. The van der Waals surface area contributed by atoms with Gasteiger partial charge in [-0.1, -0.05) is 18.2 Å². The molecular weight excluding hydrogens is 358 g/mol. The number of ether oxygens (including phenoxy) is 2. The van der Waals surface area contributed by atoms with E-state index in [1.807, 2.05) is 24.3 Å². The van der Waals surface area contributed by atoms with Crippen LogP contribution in [0.3, 0.4) is 0 Å². The van der Waals surface area contributed by atoms with E-state index in [4.69, 9.17) is 14.5 Å². The molecule has 3 heterocycles. The molecule has 0 spiro atoms. The van der Waals surface area contributed by atoms with Gasteiger partial charge in [0.1, 0.15) is 18.2 Å². The lowest BCUT2D eigenvalue weighted by atomic mass is 10.1. The highest BCUT2D eigenvalue weighted by Crippen LogP contribution is 2.31. The van der Waals surface area contributed by atoms with E-state index in [9.17, 15) is 4.79 Å². The summed E-state index contributed by atoms with van der Waals surface area (Å²) in [5.41, 5.74) is 1.98. The Kier molecular flexibility index (Phi) is 5.03. The molecule has 0 radical (unpaired) electrons. The Bertz CT molecular complexity index is 1020. The van der Waals surface area contributed by atoms with Crippen LogP contribution in [0.15, 0.2) is 53.7 Å². The third-order valence-corrected chi connectivity index (χ3v) is 4.79. The Hall–Kier alpha value is -3.26. The van der Waals surface area contributed by atoms with Gasteiger partial charge in [-0.3, -0.25) is 9.36 Å². The van der Waals surface area contributed by atoms with Gasteiger partial charge in [0.25, 0.3) is 5.56 Å². The van der Waals surface area contributed by atoms with Crippen molar-refractivity contribution in [2.24, 2.45) is 7.05 Å². The molecule has 1 aliphatic heterocycles. The minimum absolute atomic E-state index is 0.140. The summed E-state index contributed by atoms with van der Waals surface area (Å²) in [6, 6.07) is 11.0. The lowest BCUT2D eigenvalue weighted by Gasteiger charge is -2.35. The number of morpholine rings is 1. The second kappa shape index (κ2) is 7.77. The molecule has 1 saturated heterocycles. The Balaban J connectivity index is 1.69. The van der Waals surface area contributed by atoms with Gasteiger partial charge in [0, 0.05) is 31.4 Å². The van der Waals surface area contributed by atoms with Crippen LogP contribution in [0.5, 0.6) is 5.75 Å². The van der Waals surface area contributed by atoms with Gasteiger partial charge in [0.2, 0.25) is 5.95 Å². The highest BCUT2D eigenvalue weighted by Gasteiger charge is 2.27. The maximum absolute atomic E-state index is 12.5. The molecule has 28 heavy (non-hydrogen) atoms. The second-order valence-corrected chi connectivity index (χ2v) is 6.48. The Morgan fingerprint density at radius 2 is 2.07 bits per heavy atom. The van der Waals surface area contributed by atoms with Crippen LogP contribution in [0.2, 0.25) is 0 Å². The van der Waals surface area contributed by atoms with Gasteiger partial charge in [-0.25, -0.2) is 15.0 Å². The summed E-state index contributed by atoms with van der Waals surface area (Å²) in [6.45, 7) is 1.73. The monoisotopic (exact) mass is 379 g/mol. The Morgan fingerprint density at radius 1 is 1.21 bits per heavy atom. The lowest BCUT2D eigenvalue weighted by Crippen LogP contribution is -2.41. The molecule has 2 aromatic heterocycles. The molecule has 4 rings (SSSR count). The van der Waals surface area contributed by atoms with E-state index >= 15 is 0 Å². The SMILES string of the molecule is COc1ccccc1C1CN(c2nc(-c3ccncn3)cc(=O)n2C)CCO1. The number of hydrogen-bond donors (Lipinski definition) is 0. The molecule has 0 aliphatic carbocycles. The fourth-order valence-electron chi connectivity index (χ4n) is 3.34. The van der Waals surface area contributed by atoms with Crippen molar-refractivity contribution in [3.05, 3.63) is 64.8 Å². The van der Waals surface area contributed by atoms with E-state index in [1.165, 1.54) is 12.4 Å². The molecule has 1 fully saturated rings. The molecule has 1 aromatic carbocycles. The fourth-order valence-corrected chi connectivity index (χ4v) is 3.34. The fraction of sp³-hybridized carbons (Fsp3) is 0.300. The Labute approximate surface area is 162 Å². The lowest BCUT2D eigenvalue weighted by molar-refractivity contribution is 0.0374. The van der Waals surface area contributed by atoms with Gasteiger partial charge >= 0.3 is 0 Å². The second-order valence-electron chi connectivity index (χ2n) is 6.48. The normalized spacial score (nSPS) is 16.8. The predicted molar refractivity (Wildman–Crippen MR) is 104 cm³/mol. The molecule has 0 saturated carbocycles. The molecule has 8 nitrogen and oxygen atoms in total. The quantitative estimate of drug-likeness (QED) is 0.684. The average molecular weight is 379 g/mol. The van der Waals surface area contributed by atoms with Crippen LogP contribution in [-0.2, 0) is 11.8 Å². The number of rotatable bonds is 4. The third-order valence-electron chi connectivity index (χ3n) is 4.79. The summed E-state index contributed by atoms with van der Waals surface area (Å²) >= 11 is 0. The summed E-state index contributed by atoms with van der Waals surface area (Å²) in [7, 11) is 3.37. The van der Waals surface area contributed by atoms with E-state index in [2.05, 4.69) is 14.9 Å². The van der Waals surface area contributed by atoms with Gasteiger partial charge in [-0.2, -0.15) is 0 Å². The first-order valence-electron chi connectivity index (χ1n) is 9.01. The van der Waals surface area contributed by atoms with Crippen molar-refractivity contribution in [1.29, 1.82) is 0 Å². The van der Waals surface area contributed by atoms with E-state index in [0.717, 1.165) is 11.3 Å². The number of anilines is 1. The van der Waals surface area contributed by atoms with Crippen molar-refractivity contribution in [1.82, 2.24) is 19.5 Å². The van der Waals surface area contributed by atoms with E-state index < -0.39 is 0 Å². The molecule has 1 aliphatic rings. The average Bonchev–Trinajstić information content (AvgIpc) is 2.76. The number of methoxy groups -OCH3 is 1. The first kappa shape index (κ1) is 18.1. The van der Waals surface area contributed by atoms with Crippen molar-refractivity contribution < 1.29 is 9.47 Å². The van der Waals surface area contributed by atoms with Gasteiger partial charge in [-0.05, 0) is 12.1 Å². The first-order chi connectivity index (χ1) is 13.7. The first-order valence-corrected chi connectivity index (χ1v) is 9.01. The minimum atomic E-state index is -0.176. The van der Waals surface area contributed by atoms with Gasteiger partial charge < -0.3 is 14.4 Å². The molecule has 0 amide bonds. The zero-order chi connectivity index (χ0) is 19.5. The summed E-state index contributed by atoms with van der Waals surface area (Å²) in [6.07, 6.45) is 2.90. The summed E-state index contributed by atoms with van der Waals surface area (Å²) < 4.78 is 13.0. The van der Waals surface area contributed by atoms with Crippen LogP contribution in [0.1, 0.15) is 11.7 Å². The maximum atomic E-state index is 12.5. The maximum Gasteiger partial charge on any atom is 0.255 e. The number of benzene rings is 1. The summed E-state index contributed by atoms with van der Waals surface area (Å²) in [5.74, 6) is 1.37. The largest absolute Gasteiger partial charge is 0.496 e. The molecule has 0 bridgehead atoms. The minimum Gasteiger partial charge on any atom is -0.496 e. The molecule has 1 unspecified atom stereocenters. The summed E-state index contributed by atoms with van der Waals surface area (Å²) in [5, 5.41) is 0. The van der Waals surface area contributed by atoms with Crippen LogP contribution in [-0.4, -0.2) is 46.3 Å². The Morgan fingerprint density at radius 3 is 2.86 bits per heavy atom. The smallest absolute Gasteiger partial charge is 0.255 e. The van der Waals surface area contributed by atoms with Crippen molar-refractivity contribution in [2.75, 3.05) is 31.7 Å². The van der Waals surface area contributed by atoms with Crippen LogP contribution >= 0.6 is 0 Å². The molecule has 8 heteroatoms. The van der Waals surface area contributed by atoms with E-state index in [1.54, 1.807) is 31.0 Å². The molecule has 144 valence electrons. The van der Waals surface area contributed by atoms with Crippen LogP contribution in [0.4, 0.5) is 5.95 Å². The van der Waals surface area contributed by atoms with E-state index in [0.29, 0.717) is 37.0 Å². The third kappa shape index (κ3) is 3.46. The molecule has 3 aromatic rings. The molecule has 0 N–H and O–H groups in total.